The minimum atomic E-state index is -0.741. The third-order valence-electron chi connectivity index (χ3n) is 4.81. The first kappa shape index (κ1) is 22.0. The maximum Gasteiger partial charge on any atom is 0.339 e. The van der Waals surface area contributed by atoms with Crippen LogP contribution in [0.5, 0.6) is 0 Å². The predicted octanol–water partition coefficient (Wildman–Crippen LogP) is 3.87. The quantitative estimate of drug-likeness (QED) is 0.263. The molecular formula is C24H15N5O5. The van der Waals surface area contributed by atoms with Crippen LogP contribution in [0, 0.1) is 21.4 Å². The molecule has 0 spiro atoms. The minimum absolute atomic E-state index is 0.0703. The largest absolute Gasteiger partial charge is 0.452 e. The molecule has 0 aliphatic rings. The zero-order chi connectivity index (χ0) is 24.1. The maximum atomic E-state index is 12.9. The van der Waals surface area contributed by atoms with E-state index < -0.39 is 23.4 Å². The molecule has 2 aromatic carbocycles. The van der Waals surface area contributed by atoms with Crippen molar-refractivity contribution in [2.45, 2.75) is 0 Å². The van der Waals surface area contributed by atoms with Gasteiger partial charge in [-0.25, -0.2) is 9.78 Å². The Hall–Kier alpha value is -5.17. The van der Waals surface area contributed by atoms with E-state index in [-0.39, 0.29) is 22.5 Å². The van der Waals surface area contributed by atoms with Gasteiger partial charge in [0.2, 0.25) is 0 Å². The third kappa shape index (κ3) is 4.68. The number of rotatable bonds is 6. The first-order valence-electron chi connectivity index (χ1n) is 9.93. The fraction of sp³-hybridized carbons (Fsp3) is 0.0417. The Labute approximate surface area is 192 Å². The molecular weight excluding hydrogens is 438 g/mol. The summed E-state index contributed by atoms with van der Waals surface area (Å²) in [6, 6.07) is 19.1. The average Bonchev–Trinajstić information content (AvgIpc) is 2.87. The van der Waals surface area contributed by atoms with E-state index in [4.69, 9.17) is 4.74 Å². The van der Waals surface area contributed by atoms with Crippen molar-refractivity contribution in [3.63, 3.8) is 0 Å². The van der Waals surface area contributed by atoms with Gasteiger partial charge < -0.3 is 10.1 Å². The maximum absolute atomic E-state index is 12.9. The van der Waals surface area contributed by atoms with Crippen molar-refractivity contribution in [2.24, 2.45) is 0 Å². The number of carbonyl (C=O) groups excluding carboxylic acids is 2. The second-order valence-corrected chi connectivity index (χ2v) is 7.01. The number of para-hydroxylation sites is 1. The molecule has 0 saturated carbocycles. The standard InChI is InChI=1S/C24H15N5O5/c25-13-15-11-16(29(32)33)8-9-19(15)28-23(30)14-34-24(31)18-12-22(21-7-3-4-10-26-21)27-20-6-2-1-5-17(18)20/h1-12H,14H2,(H,28,30). The number of hydrogen-bond acceptors (Lipinski definition) is 8. The molecule has 1 amide bonds. The molecule has 166 valence electrons. The van der Waals surface area contributed by atoms with E-state index in [1.165, 1.54) is 6.07 Å². The Balaban J connectivity index is 1.53. The van der Waals surface area contributed by atoms with E-state index in [2.05, 4.69) is 15.3 Å². The van der Waals surface area contributed by atoms with E-state index in [1.54, 1.807) is 60.8 Å². The Morgan fingerprint density at radius 3 is 2.59 bits per heavy atom. The van der Waals surface area contributed by atoms with E-state index >= 15 is 0 Å². The molecule has 2 aromatic heterocycles. The summed E-state index contributed by atoms with van der Waals surface area (Å²) in [5.74, 6) is -1.45. The van der Waals surface area contributed by atoms with E-state index in [1.807, 2.05) is 0 Å². The van der Waals surface area contributed by atoms with Crippen molar-refractivity contribution < 1.29 is 19.2 Å². The molecule has 0 radical (unpaired) electrons. The molecule has 0 aliphatic carbocycles. The number of fused-ring (bicyclic) bond motifs is 1. The Morgan fingerprint density at radius 1 is 1.06 bits per heavy atom. The van der Waals surface area contributed by atoms with Gasteiger partial charge in [0.1, 0.15) is 6.07 Å². The van der Waals surface area contributed by atoms with Crippen molar-refractivity contribution in [1.29, 1.82) is 5.26 Å². The lowest BCUT2D eigenvalue weighted by Crippen LogP contribution is -2.21. The van der Waals surface area contributed by atoms with Crippen LogP contribution in [-0.4, -0.2) is 33.4 Å². The summed E-state index contributed by atoms with van der Waals surface area (Å²) in [4.78, 5) is 44.2. The predicted molar refractivity (Wildman–Crippen MR) is 122 cm³/mol. The lowest BCUT2D eigenvalue weighted by atomic mass is 10.1. The van der Waals surface area contributed by atoms with Crippen molar-refractivity contribution in [3.05, 3.63) is 94.2 Å². The number of carbonyl (C=O) groups is 2. The SMILES string of the molecule is N#Cc1cc([N+](=O)[O-])ccc1NC(=O)COC(=O)c1cc(-c2ccccn2)nc2ccccc12. The topological polar surface area (TPSA) is 148 Å². The van der Waals surface area contributed by atoms with E-state index in [9.17, 15) is 25.0 Å². The third-order valence-corrected chi connectivity index (χ3v) is 4.81. The number of amides is 1. The molecule has 34 heavy (non-hydrogen) atoms. The van der Waals surface area contributed by atoms with Crippen LogP contribution >= 0.6 is 0 Å². The van der Waals surface area contributed by atoms with Gasteiger partial charge in [-0.05, 0) is 30.3 Å². The minimum Gasteiger partial charge on any atom is -0.452 e. The van der Waals surface area contributed by atoms with Crippen molar-refractivity contribution in [1.82, 2.24) is 9.97 Å². The molecule has 4 rings (SSSR count). The number of ether oxygens (including phenoxy) is 1. The van der Waals surface area contributed by atoms with Crippen LogP contribution < -0.4 is 5.32 Å². The average molecular weight is 453 g/mol. The highest BCUT2D eigenvalue weighted by atomic mass is 16.6. The molecule has 0 aliphatic heterocycles. The van der Waals surface area contributed by atoms with Gasteiger partial charge in [0.15, 0.2) is 6.61 Å². The van der Waals surface area contributed by atoms with Crippen LogP contribution in [-0.2, 0) is 9.53 Å². The zero-order valence-electron chi connectivity index (χ0n) is 17.5. The smallest absolute Gasteiger partial charge is 0.339 e. The first-order chi connectivity index (χ1) is 16.5. The number of pyridine rings is 2. The molecule has 2 heterocycles. The Bertz CT molecular complexity index is 1460. The lowest BCUT2D eigenvalue weighted by molar-refractivity contribution is -0.384. The van der Waals surface area contributed by atoms with Crippen LogP contribution in [0.3, 0.4) is 0 Å². The number of nitro benzene ring substituents is 1. The Kier molecular flexibility index (Phi) is 6.18. The molecule has 4 aromatic rings. The van der Waals surface area contributed by atoms with Gasteiger partial charge in [0.05, 0.1) is 38.6 Å². The molecule has 0 atom stereocenters. The second-order valence-electron chi connectivity index (χ2n) is 7.01. The molecule has 1 N–H and O–H groups in total. The van der Waals surface area contributed by atoms with E-state index in [0.717, 1.165) is 12.1 Å². The number of nitriles is 1. The van der Waals surface area contributed by atoms with Gasteiger partial charge in [-0.2, -0.15) is 5.26 Å². The van der Waals surface area contributed by atoms with Gasteiger partial charge in [0.25, 0.3) is 11.6 Å². The van der Waals surface area contributed by atoms with Crippen LogP contribution in [0.1, 0.15) is 15.9 Å². The summed E-state index contributed by atoms with van der Waals surface area (Å²) in [6.45, 7) is -0.629. The highest BCUT2D eigenvalue weighted by Crippen LogP contribution is 2.25. The number of hydrogen-bond donors (Lipinski definition) is 1. The van der Waals surface area contributed by atoms with Crippen LogP contribution in [0.15, 0.2) is 72.9 Å². The highest BCUT2D eigenvalue weighted by Gasteiger charge is 2.18. The number of anilines is 1. The van der Waals surface area contributed by atoms with Crippen LogP contribution in [0.2, 0.25) is 0 Å². The number of aromatic nitrogens is 2. The number of esters is 1. The zero-order valence-corrected chi connectivity index (χ0v) is 17.5. The summed E-state index contributed by atoms with van der Waals surface area (Å²) in [5, 5.41) is 23.0. The summed E-state index contributed by atoms with van der Waals surface area (Å²) in [5.41, 5.74) is 1.52. The Morgan fingerprint density at radius 2 is 1.85 bits per heavy atom. The van der Waals surface area contributed by atoms with Crippen molar-refractivity contribution >= 4 is 34.2 Å². The first-order valence-corrected chi connectivity index (χ1v) is 9.93. The van der Waals surface area contributed by atoms with Gasteiger partial charge in [-0.1, -0.05) is 24.3 Å². The summed E-state index contributed by atoms with van der Waals surface area (Å²) in [7, 11) is 0. The number of nitro groups is 1. The summed E-state index contributed by atoms with van der Waals surface area (Å²) >= 11 is 0. The highest BCUT2D eigenvalue weighted by molar-refractivity contribution is 6.05. The van der Waals surface area contributed by atoms with E-state index in [0.29, 0.717) is 22.3 Å². The molecule has 10 nitrogen and oxygen atoms in total. The second kappa shape index (κ2) is 9.54. The van der Waals surface area contributed by atoms with Gasteiger partial charge in [-0.3, -0.25) is 19.9 Å². The fourth-order valence-electron chi connectivity index (χ4n) is 3.23. The fourth-order valence-corrected chi connectivity index (χ4v) is 3.23. The van der Waals surface area contributed by atoms with Crippen LogP contribution in [0.25, 0.3) is 22.3 Å². The number of benzene rings is 2. The van der Waals surface area contributed by atoms with Crippen LogP contribution in [0.4, 0.5) is 11.4 Å². The number of nitrogens with zero attached hydrogens (tertiary/aromatic N) is 4. The number of non-ortho nitro benzene ring substituents is 1. The van der Waals surface area contributed by atoms with Gasteiger partial charge in [-0.15, -0.1) is 0 Å². The van der Waals surface area contributed by atoms with Gasteiger partial charge >= 0.3 is 5.97 Å². The number of nitrogens with one attached hydrogen (secondary N) is 1. The van der Waals surface area contributed by atoms with Crippen molar-refractivity contribution in [3.8, 4) is 17.5 Å². The lowest BCUT2D eigenvalue weighted by Gasteiger charge is -2.10. The normalized spacial score (nSPS) is 10.3. The van der Waals surface area contributed by atoms with Gasteiger partial charge in [0, 0.05) is 23.7 Å². The molecule has 10 heteroatoms. The molecule has 0 saturated heterocycles. The van der Waals surface area contributed by atoms with Crippen molar-refractivity contribution in [2.75, 3.05) is 11.9 Å². The summed E-state index contributed by atoms with van der Waals surface area (Å²) in [6.07, 6.45) is 1.61. The molecule has 0 unspecified atom stereocenters. The summed E-state index contributed by atoms with van der Waals surface area (Å²) < 4.78 is 5.21. The molecule has 0 bridgehead atoms. The molecule has 0 fully saturated rings. The monoisotopic (exact) mass is 453 g/mol.